The van der Waals surface area contributed by atoms with Crippen molar-refractivity contribution in [2.45, 2.75) is 18.9 Å². The van der Waals surface area contributed by atoms with E-state index in [0.717, 1.165) is 13.1 Å². The Labute approximate surface area is 97.8 Å². The predicted molar refractivity (Wildman–Crippen MR) is 70.3 cm³/mol. The molecule has 0 saturated carbocycles. The average molecular weight is 219 g/mol. The highest BCUT2D eigenvalue weighted by molar-refractivity contribution is 5.57. The fourth-order valence-corrected chi connectivity index (χ4v) is 2.08. The van der Waals surface area contributed by atoms with Crippen LogP contribution in [-0.4, -0.2) is 33.2 Å². The van der Waals surface area contributed by atoms with Crippen molar-refractivity contribution in [3.63, 3.8) is 0 Å². The maximum Gasteiger partial charge on any atom is 0.0381 e. The molecule has 88 valence electrons. The van der Waals surface area contributed by atoms with Crippen molar-refractivity contribution in [2.24, 2.45) is 0 Å². The van der Waals surface area contributed by atoms with Gasteiger partial charge < -0.3 is 15.5 Å². The van der Waals surface area contributed by atoms with Crippen LogP contribution >= 0.6 is 0 Å². The molecule has 0 amide bonds. The fourth-order valence-electron chi connectivity index (χ4n) is 2.08. The Morgan fingerprint density at radius 1 is 1.25 bits per heavy atom. The highest BCUT2D eigenvalue weighted by atomic mass is 15.1. The van der Waals surface area contributed by atoms with E-state index in [9.17, 15) is 0 Å². The van der Waals surface area contributed by atoms with Crippen LogP contribution in [0, 0.1) is 0 Å². The molecule has 0 aliphatic carbocycles. The van der Waals surface area contributed by atoms with Crippen LogP contribution in [-0.2, 0) is 0 Å². The second kappa shape index (κ2) is 5.21. The van der Waals surface area contributed by atoms with Gasteiger partial charge in [0.15, 0.2) is 0 Å². The molecular weight excluding hydrogens is 198 g/mol. The van der Waals surface area contributed by atoms with Crippen LogP contribution < -0.4 is 15.5 Å². The molecule has 0 radical (unpaired) electrons. The van der Waals surface area contributed by atoms with Gasteiger partial charge in [0.2, 0.25) is 0 Å². The second-order valence-electron chi connectivity index (χ2n) is 4.61. The standard InChI is InChI=1S/C13H21N3/c1-16(2)13-5-3-4-12(10-13)15-11-6-8-14-9-7-11/h3-5,10-11,14-15H,6-9H2,1-2H3. The van der Waals surface area contributed by atoms with Crippen LogP contribution in [0.5, 0.6) is 0 Å². The summed E-state index contributed by atoms with van der Waals surface area (Å²) in [6, 6.07) is 9.22. The molecule has 3 nitrogen and oxygen atoms in total. The molecule has 2 rings (SSSR count). The van der Waals surface area contributed by atoms with Crippen LogP contribution in [0.3, 0.4) is 0 Å². The molecule has 0 atom stereocenters. The van der Waals surface area contributed by atoms with Gasteiger partial charge in [-0.1, -0.05) is 6.07 Å². The molecule has 2 N–H and O–H groups in total. The Bertz CT molecular complexity index is 330. The SMILES string of the molecule is CN(C)c1cccc(NC2CCNCC2)c1. The minimum absolute atomic E-state index is 0.624. The van der Waals surface area contributed by atoms with Crippen molar-refractivity contribution in [1.29, 1.82) is 0 Å². The van der Waals surface area contributed by atoms with Crippen molar-refractivity contribution in [3.8, 4) is 0 Å². The highest BCUT2D eigenvalue weighted by Gasteiger charge is 2.12. The van der Waals surface area contributed by atoms with E-state index in [-0.39, 0.29) is 0 Å². The topological polar surface area (TPSA) is 27.3 Å². The van der Waals surface area contributed by atoms with Crippen molar-refractivity contribution < 1.29 is 0 Å². The third kappa shape index (κ3) is 2.89. The summed E-state index contributed by atoms with van der Waals surface area (Å²) in [6.07, 6.45) is 2.43. The van der Waals surface area contributed by atoms with E-state index in [4.69, 9.17) is 0 Å². The molecular formula is C13H21N3. The zero-order chi connectivity index (χ0) is 11.4. The summed E-state index contributed by atoms with van der Waals surface area (Å²) in [5.41, 5.74) is 2.48. The lowest BCUT2D eigenvalue weighted by Gasteiger charge is -2.25. The molecule has 1 aliphatic heterocycles. The van der Waals surface area contributed by atoms with Gasteiger partial charge in [-0.15, -0.1) is 0 Å². The van der Waals surface area contributed by atoms with Gasteiger partial charge in [0, 0.05) is 31.5 Å². The van der Waals surface area contributed by atoms with E-state index in [2.05, 4.69) is 53.9 Å². The van der Waals surface area contributed by atoms with Gasteiger partial charge in [-0.25, -0.2) is 0 Å². The Morgan fingerprint density at radius 3 is 2.69 bits per heavy atom. The fraction of sp³-hybridized carbons (Fsp3) is 0.538. The molecule has 1 fully saturated rings. The van der Waals surface area contributed by atoms with Gasteiger partial charge in [0.05, 0.1) is 0 Å². The maximum atomic E-state index is 3.61. The molecule has 3 heteroatoms. The summed E-state index contributed by atoms with van der Waals surface area (Å²) in [7, 11) is 4.15. The van der Waals surface area contributed by atoms with E-state index in [1.807, 2.05) is 0 Å². The third-order valence-corrected chi connectivity index (χ3v) is 3.07. The minimum atomic E-state index is 0.624. The molecule has 1 aliphatic rings. The summed E-state index contributed by atoms with van der Waals surface area (Å²) < 4.78 is 0. The Kier molecular flexibility index (Phi) is 3.67. The third-order valence-electron chi connectivity index (χ3n) is 3.07. The first-order chi connectivity index (χ1) is 7.75. The molecule has 1 aromatic rings. The zero-order valence-corrected chi connectivity index (χ0v) is 10.2. The Morgan fingerprint density at radius 2 is 2.00 bits per heavy atom. The highest BCUT2D eigenvalue weighted by Crippen LogP contribution is 2.19. The first-order valence-electron chi connectivity index (χ1n) is 6.00. The van der Waals surface area contributed by atoms with Crippen molar-refractivity contribution in [2.75, 3.05) is 37.4 Å². The number of benzene rings is 1. The molecule has 0 spiro atoms. The van der Waals surface area contributed by atoms with Gasteiger partial charge in [0.1, 0.15) is 0 Å². The molecule has 1 aromatic carbocycles. The number of hydrogen-bond acceptors (Lipinski definition) is 3. The van der Waals surface area contributed by atoms with Gasteiger partial charge in [-0.05, 0) is 44.1 Å². The lowest BCUT2D eigenvalue weighted by Crippen LogP contribution is -2.35. The summed E-state index contributed by atoms with van der Waals surface area (Å²) in [5.74, 6) is 0. The number of nitrogens with zero attached hydrogens (tertiary/aromatic N) is 1. The van der Waals surface area contributed by atoms with Gasteiger partial charge in [-0.3, -0.25) is 0 Å². The zero-order valence-electron chi connectivity index (χ0n) is 10.2. The van der Waals surface area contributed by atoms with E-state index < -0.39 is 0 Å². The summed E-state index contributed by atoms with van der Waals surface area (Å²) >= 11 is 0. The lowest BCUT2D eigenvalue weighted by atomic mass is 10.1. The van der Waals surface area contributed by atoms with E-state index >= 15 is 0 Å². The molecule has 0 bridgehead atoms. The van der Waals surface area contributed by atoms with Crippen LogP contribution in [0.2, 0.25) is 0 Å². The maximum absolute atomic E-state index is 3.61. The number of hydrogen-bond donors (Lipinski definition) is 2. The lowest BCUT2D eigenvalue weighted by molar-refractivity contribution is 0.479. The van der Waals surface area contributed by atoms with Gasteiger partial charge >= 0.3 is 0 Å². The van der Waals surface area contributed by atoms with E-state index in [1.54, 1.807) is 0 Å². The molecule has 0 aromatic heterocycles. The van der Waals surface area contributed by atoms with Crippen molar-refractivity contribution in [3.05, 3.63) is 24.3 Å². The molecule has 0 unspecified atom stereocenters. The van der Waals surface area contributed by atoms with Crippen LogP contribution in [0.1, 0.15) is 12.8 Å². The minimum Gasteiger partial charge on any atom is -0.382 e. The largest absolute Gasteiger partial charge is 0.382 e. The Balaban J connectivity index is 2.00. The predicted octanol–water partition coefficient (Wildman–Crippen LogP) is 1.92. The van der Waals surface area contributed by atoms with Gasteiger partial charge in [-0.2, -0.15) is 0 Å². The molecule has 1 heterocycles. The summed E-state index contributed by atoms with van der Waals surface area (Å²) in [5, 5.41) is 6.99. The molecule has 16 heavy (non-hydrogen) atoms. The first-order valence-corrected chi connectivity index (χ1v) is 6.00. The number of piperidine rings is 1. The number of anilines is 2. The van der Waals surface area contributed by atoms with Crippen LogP contribution in [0.15, 0.2) is 24.3 Å². The second-order valence-corrected chi connectivity index (χ2v) is 4.61. The van der Waals surface area contributed by atoms with Gasteiger partial charge in [0.25, 0.3) is 0 Å². The molecule has 1 saturated heterocycles. The normalized spacial score (nSPS) is 17.1. The van der Waals surface area contributed by atoms with E-state index in [1.165, 1.54) is 24.2 Å². The smallest absolute Gasteiger partial charge is 0.0381 e. The Hall–Kier alpha value is -1.22. The van der Waals surface area contributed by atoms with Crippen LogP contribution in [0.4, 0.5) is 11.4 Å². The monoisotopic (exact) mass is 219 g/mol. The first kappa shape index (κ1) is 11.3. The van der Waals surface area contributed by atoms with Crippen molar-refractivity contribution in [1.82, 2.24) is 5.32 Å². The summed E-state index contributed by atoms with van der Waals surface area (Å²) in [6.45, 7) is 2.26. The average Bonchev–Trinajstić information content (AvgIpc) is 2.30. The number of nitrogens with one attached hydrogen (secondary N) is 2. The quantitative estimate of drug-likeness (QED) is 0.813. The van der Waals surface area contributed by atoms with Crippen molar-refractivity contribution >= 4 is 11.4 Å². The summed E-state index contributed by atoms with van der Waals surface area (Å²) in [4.78, 5) is 2.13. The number of rotatable bonds is 3. The van der Waals surface area contributed by atoms with Crippen LogP contribution in [0.25, 0.3) is 0 Å². The van der Waals surface area contributed by atoms with E-state index in [0.29, 0.717) is 6.04 Å².